The maximum Gasteiger partial charge on any atom is 0.120 e. The highest BCUT2D eigenvalue weighted by molar-refractivity contribution is 5.81. The van der Waals surface area contributed by atoms with Crippen molar-refractivity contribution in [1.82, 2.24) is 0 Å². The molecule has 1 fully saturated rings. The van der Waals surface area contributed by atoms with Crippen molar-refractivity contribution in [2.45, 2.75) is 44.4 Å². The zero-order chi connectivity index (χ0) is 13.3. The van der Waals surface area contributed by atoms with Gasteiger partial charge in [-0.3, -0.25) is 0 Å². The first-order valence-corrected chi connectivity index (χ1v) is 7.27. The van der Waals surface area contributed by atoms with E-state index in [2.05, 4.69) is 36.0 Å². The minimum absolute atomic E-state index is 0.603. The zero-order valence-corrected chi connectivity index (χ0v) is 11.6. The number of hydrogen-bond donors (Lipinski definition) is 0. The molecular formula is C17H23NO. The fourth-order valence-corrected chi connectivity index (χ4v) is 2.70. The van der Waals surface area contributed by atoms with Crippen LogP contribution >= 0.6 is 0 Å². The first-order valence-electron chi connectivity index (χ1n) is 7.27. The summed E-state index contributed by atoms with van der Waals surface area (Å²) in [5, 5.41) is 4.06. The molecule has 102 valence electrons. The molecule has 0 aliphatic heterocycles. The maximum atomic E-state index is 5.22. The third kappa shape index (κ3) is 4.23. The molecule has 0 heterocycles. The van der Waals surface area contributed by atoms with Gasteiger partial charge in [-0.1, -0.05) is 54.8 Å². The number of oxime groups is 1. The highest BCUT2D eigenvalue weighted by Crippen LogP contribution is 2.33. The molecule has 0 spiro atoms. The molecule has 1 aliphatic carbocycles. The number of benzene rings is 1. The van der Waals surface area contributed by atoms with Crippen molar-refractivity contribution in [3.05, 3.63) is 48.0 Å². The molecule has 1 aromatic carbocycles. The van der Waals surface area contributed by atoms with Gasteiger partial charge >= 0.3 is 0 Å². The monoisotopic (exact) mass is 257 g/mol. The standard InChI is InChI=1S/C17H23NO/c1-2-3-13-19-18-14-16-11-7-8-12-17(16)15-9-5-4-6-10-15/h2,7-8,11-12,14-15H,1,3-6,9-10,13H2. The smallest absolute Gasteiger partial charge is 0.120 e. The lowest BCUT2D eigenvalue weighted by Gasteiger charge is -2.23. The number of hydrogen-bond acceptors (Lipinski definition) is 2. The van der Waals surface area contributed by atoms with E-state index < -0.39 is 0 Å². The molecule has 0 amide bonds. The molecule has 0 radical (unpaired) electrons. The zero-order valence-electron chi connectivity index (χ0n) is 11.6. The third-order valence-corrected chi connectivity index (χ3v) is 3.72. The molecule has 0 atom stereocenters. The Morgan fingerprint density at radius 2 is 2.00 bits per heavy atom. The van der Waals surface area contributed by atoms with Crippen LogP contribution < -0.4 is 0 Å². The summed E-state index contributed by atoms with van der Waals surface area (Å²) in [6, 6.07) is 8.56. The summed E-state index contributed by atoms with van der Waals surface area (Å²) in [5.74, 6) is 0.699. The van der Waals surface area contributed by atoms with Crippen LogP contribution in [0.5, 0.6) is 0 Å². The van der Waals surface area contributed by atoms with Crippen molar-refractivity contribution in [3.8, 4) is 0 Å². The Labute approximate surface area is 116 Å². The van der Waals surface area contributed by atoms with E-state index >= 15 is 0 Å². The number of rotatable bonds is 6. The van der Waals surface area contributed by atoms with Gasteiger partial charge in [0.1, 0.15) is 6.61 Å². The minimum Gasteiger partial charge on any atom is -0.395 e. The summed E-state index contributed by atoms with van der Waals surface area (Å²) in [5.41, 5.74) is 2.63. The molecule has 1 aromatic rings. The fraction of sp³-hybridized carbons (Fsp3) is 0.471. The van der Waals surface area contributed by atoms with Gasteiger partial charge in [0, 0.05) is 6.42 Å². The Bertz CT molecular complexity index is 419. The molecule has 2 rings (SSSR count). The predicted molar refractivity (Wildman–Crippen MR) is 80.6 cm³/mol. The second-order valence-corrected chi connectivity index (χ2v) is 5.11. The Balaban J connectivity index is 2.00. The SMILES string of the molecule is C=CCCON=Cc1ccccc1C1CCCCC1. The normalized spacial score (nSPS) is 16.6. The second kappa shape index (κ2) is 7.78. The first-order chi connectivity index (χ1) is 9.42. The quantitative estimate of drug-likeness (QED) is 0.314. The summed E-state index contributed by atoms with van der Waals surface area (Å²) >= 11 is 0. The van der Waals surface area contributed by atoms with Gasteiger partial charge in [-0.05, 0) is 29.9 Å². The van der Waals surface area contributed by atoms with E-state index in [4.69, 9.17) is 4.84 Å². The lowest BCUT2D eigenvalue weighted by molar-refractivity contribution is 0.151. The largest absolute Gasteiger partial charge is 0.395 e. The summed E-state index contributed by atoms with van der Waals surface area (Å²) in [6.45, 7) is 4.26. The highest BCUT2D eigenvalue weighted by Gasteiger charge is 2.17. The van der Waals surface area contributed by atoms with Crippen LogP contribution in [0.4, 0.5) is 0 Å². The van der Waals surface area contributed by atoms with Crippen LogP contribution in [0.25, 0.3) is 0 Å². The Hall–Kier alpha value is -1.57. The van der Waals surface area contributed by atoms with Gasteiger partial charge in [0.25, 0.3) is 0 Å². The Morgan fingerprint density at radius 3 is 2.79 bits per heavy atom. The van der Waals surface area contributed by atoms with Gasteiger partial charge in [-0.25, -0.2) is 0 Å². The first kappa shape index (κ1) is 13.9. The van der Waals surface area contributed by atoms with Crippen molar-refractivity contribution in [2.24, 2.45) is 5.16 Å². The second-order valence-electron chi connectivity index (χ2n) is 5.11. The van der Waals surface area contributed by atoms with Gasteiger partial charge in [0.15, 0.2) is 0 Å². The van der Waals surface area contributed by atoms with Gasteiger partial charge < -0.3 is 4.84 Å². The van der Waals surface area contributed by atoms with Crippen LogP contribution in [0.3, 0.4) is 0 Å². The fourth-order valence-electron chi connectivity index (χ4n) is 2.70. The van der Waals surface area contributed by atoms with Crippen molar-refractivity contribution in [1.29, 1.82) is 0 Å². The van der Waals surface area contributed by atoms with Crippen molar-refractivity contribution < 1.29 is 4.84 Å². The molecule has 2 nitrogen and oxygen atoms in total. The molecule has 0 aromatic heterocycles. The van der Waals surface area contributed by atoms with Crippen molar-refractivity contribution in [3.63, 3.8) is 0 Å². The van der Waals surface area contributed by atoms with E-state index in [1.54, 1.807) is 0 Å². The van der Waals surface area contributed by atoms with E-state index in [1.165, 1.54) is 43.2 Å². The van der Waals surface area contributed by atoms with Crippen molar-refractivity contribution in [2.75, 3.05) is 6.61 Å². The van der Waals surface area contributed by atoms with E-state index in [9.17, 15) is 0 Å². The van der Waals surface area contributed by atoms with Crippen LogP contribution in [-0.2, 0) is 4.84 Å². The molecule has 1 aliphatic rings. The van der Waals surface area contributed by atoms with Crippen LogP contribution in [0.2, 0.25) is 0 Å². The van der Waals surface area contributed by atoms with Crippen LogP contribution in [0.1, 0.15) is 55.6 Å². The third-order valence-electron chi connectivity index (χ3n) is 3.72. The molecule has 2 heteroatoms. The van der Waals surface area contributed by atoms with E-state index in [0.29, 0.717) is 12.5 Å². The summed E-state index contributed by atoms with van der Waals surface area (Å²) in [4.78, 5) is 5.22. The summed E-state index contributed by atoms with van der Waals surface area (Å²) in [7, 11) is 0. The Morgan fingerprint density at radius 1 is 1.21 bits per heavy atom. The summed E-state index contributed by atoms with van der Waals surface area (Å²) in [6.07, 6.45) is 11.2. The van der Waals surface area contributed by atoms with E-state index in [0.717, 1.165) is 6.42 Å². The molecule has 0 saturated heterocycles. The molecule has 0 N–H and O–H groups in total. The van der Waals surface area contributed by atoms with Crippen LogP contribution in [-0.4, -0.2) is 12.8 Å². The van der Waals surface area contributed by atoms with Crippen molar-refractivity contribution >= 4 is 6.21 Å². The predicted octanol–water partition coefficient (Wildman–Crippen LogP) is 4.66. The highest BCUT2D eigenvalue weighted by atomic mass is 16.6. The average molecular weight is 257 g/mol. The lowest BCUT2D eigenvalue weighted by Crippen LogP contribution is -2.07. The van der Waals surface area contributed by atoms with Gasteiger partial charge in [-0.15, -0.1) is 6.58 Å². The minimum atomic E-state index is 0.603. The maximum absolute atomic E-state index is 5.22. The van der Waals surface area contributed by atoms with Crippen LogP contribution in [0.15, 0.2) is 42.1 Å². The Kier molecular flexibility index (Phi) is 5.67. The van der Waals surface area contributed by atoms with Gasteiger partial charge in [0.2, 0.25) is 0 Å². The lowest BCUT2D eigenvalue weighted by atomic mass is 9.82. The summed E-state index contributed by atoms with van der Waals surface area (Å²) < 4.78 is 0. The topological polar surface area (TPSA) is 21.6 Å². The van der Waals surface area contributed by atoms with E-state index in [-0.39, 0.29) is 0 Å². The van der Waals surface area contributed by atoms with Crippen LogP contribution in [0, 0.1) is 0 Å². The molecular weight excluding hydrogens is 234 g/mol. The number of nitrogens with zero attached hydrogens (tertiary/aromatic N) is 1. The van der Waals surface area contributed by atoms with Gasteiger partial charge in [0.05, 0.1) is 6.21 Å². The average Bonchev–Trinajstić information content (AvgIpc) is 2.48. The van der Waals surface area contributed by atoms with E-state index in [1.807, 2.05) is 12.3 Å². The molecule has 0 unspecified atom stereocenters. The van der Waals surface area contributed by atoms with Gasteiger partial charge in [-0.2, -0.15) is 0 Å². The molecule has 1 saturated carbocycles. The molecule has 0 bridgehead atoms. The molecule has 19 heavy (non-hydrogen) atoms.